The normalized spacial score (nSPS) is 16.0. The van der Waals surface area contributed by atoms with Gasteiger partial charge in [-0.15, -0.1) is 0 Å². The van der Waals surface area contributed by atoms with E-state index in [4.69, 9.17) is 20.7 Å². The molecule has 1 saturated carbocycles. The number of nitrogens with zero attached hydrogens (tertiary/aromatic N) is 1. The molecule has 1 aliphatic rings. The van der Waals surface area contributed by atoms with Gasteiger partial charge in [0.05, 0.1) is 28.1 Å². The van der Waals surface area contributed by atoms with Crippen molar-refractivity contribution in [2.45, 2.75) is 30.7 Å². The molecule has 5 nitrogen and oxygen atoms in total. The van der Waals surface area contributed by atoms with Crippen LogP contribution in [-0.4, -0.2) is 19.7 Å². The summed E-state index contributed by atoms with van der Waals surface area (Å²) < 4.78 is 64.4. The van der Waals surface area contributed by atoms with Crippen molar-refractivity contribution >= 4 is 28.5 Å². The SMILES string of the molecule is O=C(c1cnoc1C1CC1)c1ccc(C(F)(F)F)c(Cl)c1CS(=O)O. The highest BCUT2D eigenvalue weighted by atomic mass is 35.5. The Balaban J connectivity index is 2.11. The number of hydrogen-bond acceptors (Lipinski definition) is 4. The molecule has 0 spiro atoms. The van der Waals surface area contributed by atoms with Crippen LogP contribution >= 0.6 is 11.6 Å². The highest BCUT2D eigenvalue weighted by Gasteiger charge is 2.37. The highest BCUT2D eigenvalue weighted by Crippen LogP contribution is 2.43. The van der Waals surface area contributed by atoms with Crippen molar-refractivity contribution in [1.82, 2.24) is 5.16 Å². The van der Waals surface area contributed by atoms with Crippen LogP contribution in [0.1, 0.15) is 51.6 Å². The second-order valence-electron chi connectivity index (χ2n) is 5.62. The summed E-state index contributed by atoms with van der Waals surface area (Å²) in [6, 6.07) is 1.65. The average molecular weight is 394 g/mol. The molecule has 0 saturated heterocycles. The standard InChI is InChI=1S/C15H11ClF3NO4S/c16-12-10(6-25(22)23)8(3-4-11(12)15(17,18)19)13(21)9-5-20-24-14(9)7-1-2-7/h3-5,7H,1-2,6H2,(H,22,23). The van der Waals surface area contributed by atoms with Gasteiger partial charge in [-0.3, -0.25) is 4.79 Å². The fraction of sp³-hybridized carbons (Fsp3) is 0.333. The van der Waals surface area contributed by atoms with Gasteiger partial charge >= 0.3 is 6.18 Å². The largest absolute Gasteiger partial charge is 0.417 e. The van der Waals surface area contributed by atoms with Gasteiger partial charge in [0.2, 0.25) is 0 Å². The molecular weight excluding hydrogens is 383 g/mol. The van der Waals surface area contributed by atoms with Crippen LogP contribution in [0.4, 0.5) is 13.2 Å². The molecule has 1 aromatic heterocycles. The molecule has 1 aliphatic carbocycles. The molecule has 1 atom stereocenters. The minimum atomic E-state index is -4.75. The molecule has 1 fully saturated rings. The summed E-state index contributed by atoms with van der Waals surface area (Å²) in [4.78, 5) is 12.8. The smallest absolute Gasteiger partial charge is 0.360 e. The maximum atomic E-state index is 13.0. The lowest BCUT2D eigenvalue weighted by Crippen LogP contribution is -2.13. The van der Waals surface area contributed by atoms with E-state index in [0.717, 1.165) is 18.9 Å². The van der Waals surface area contributed by atoms with E-state index in [2.05, 4.69) is 5.16 Å². The lowest BCUT2D eigenvalue weighted by atomic mass is 9.96. The second kappa shape index (κ2) is 6.54. The average Bonchev–Trinajstić information content (AvgIpc) is 3.24. The number of benzene rings is 1. The van der Waals surface area contributed by atoms with Gasteiger partial charge in [0.25, 0.3) is 0 Å². The highest BCUT2D eigenvalue weighted by molar-refractivity contribution is 7.78. The van der Waals surface area contributed by atoms with Crippen LogP contribution in [0.2, 0.25) is 5.02 Å². The van der Waals surface area contributed by atoms with E-state index in [1.54, 1.807) is 0 Å². The maximum absolute atomic E-state index is 13.0. The van der Waals surface area contributed by atoms with Gasteiger partial charge in [0.1, 0.15) is 0 Å². The molecule has 0 radical (unpaired) electrons. The summed E-state index contributed by atoms with van der Waals surface area (Å²) in [6.45, 7) is 0. The third-order valence-electron chi connectivity index (χ3n) is 3.85. The molecule has 0 aliphatic heterocycles. The van der Waals surface area contributed by atoms with Crippen molar-refractivity contribution in [3.8, 4) is 0 Å². The third kappa shape index (κ3) is 3.63. The van der Waals surface area contributed by atoms with Crippen LogP contribution in [0.3, 0.4) is 0 Å². The molecule has 1 aromatic carbocycles. The van der Waals surface area contributed by atoms with Crippen LogP contribution in [0.15, 0.2) is 22.9 Å². The van der Waals surface area contributed by atoms with Crippen LogP contribution < -0.4 is 0 Å². The van der Waals surface area contributed by atoms with Gasteiger partial charge in [-0.1, -0.05) is 22.8 Å². The fourth-order valence-electron chi connectivity index (χ4n) is 2.52. The Bertz CT molecular complexity index is 861. The molecule has 1 unspecified atom stereocenters. The van der Waals surface area contributed by atoms with E-state index in [1.807, 2.05) is 0 Å². The first-order valence-electron chi connectivity index (χ1n) is 7.15. The van der Waals surface area contributed by atoms with Crippen LogP contribution in [-0.2, 0) is 23.0 Å². The van der Waals surface area contributed by atoms with E-state index < -0.39 is 39.4 Å². The lowest BCUT2D eigenvalue weighted by Gasteiger charge is -2.15. The molecule has 1 N–H and O–H groups in total. The molecule has 134 valence electrons. The van der Waals surface area contributed by atoms with Gasteiger partial charge in [0.15, 0.2) is 22.6 Å². The number of rotatable bonds is 5. The number of carbonyl (C=O) groups is 1. The number of aromatic nitrogens is 1. The Morgan fingerprint density at radius 1 is 1.36 bits per heavy atom. The first kappa shape index (κ1) is 18.1. The monoisotopic (exact) mass is 393 g/mol. The van der Waals surface area contributed by atoms with Gasteiger partial charge < -0.3 is 9.08 Å². The van der Waals surface area contributed by atoms with Crippen molar-refractivity contribution in [3.05, 3.63) is 51.4 Å². The number of halogens is 4. The summed E-state index contributed by atoms with van der Waals surface area (Å²) in [5, 5.41) is 2.82. The zero-order valence-electron chi connectivity index (χ0n) is 12.5. The Kier molecular flexibility index (Phi) is 4.74. The number of ketones is 1. The van der Waals surface area contributed by atoms with Crippen molar-refractivity contribution in [2.75, 3.05) is 0 Å². The summed E-state index contributed by atoms with van der Waals surface area (Å²) in [5.74, 6) is -0.911. The van der Waals surface area contributed by atoms with Crippen LogP contribution in [0.5, 0.6) is 0 Å². The predicted octanol–water partition coefficient (Wildman–Crippen LogP) is 4.18. The predicted molar refractivity (Wildman–Crippen MR) is 82.8 cm³/mol. The van der Waals surface area contributed by atoms with Gasteiger partial charge in [-0.2, -0.15) is 13.2 Å². The Labute approximate surface area is 147 Å². The molecule has 25 heavy (non-hydrogen) atoms. The second-order valence-corrected chi connectivity index (χ2v) is 6.93. The fourth-order valence-corrected chi connectivity index (χ4v) is 3.49. The lowest BCUT2D eigenvalue weighted by molar-refractivity contribution is -0.137. The topological polar surface area (TPSA) is 80.4 Å². The third-order valence-corrected chi connectivity index (χ3v) is 4.82. The van der Waals surface area contributed by atoms with Crippen molar-refractivity contribution in [1.29, 1.82) is 0 Å². The van der Waals surface area contributed by atoms with E-state index >= 15 is 0 Å². The van der Waals surface area contributed by atoms with Crippen molar-refractivity contribution < 1.29 is 31.3 Å². The van der Waals surface area contributed by atoms with Gasteiger partial charge in [0, 0.05) is 11.5 Å². The summed E-state index contributed by atoms with van der Waals surface area (Å²) in [5.41, 5.74) is -1.54. The Morgan fingerprint density at radius 2 is 2.04 bits per heavy atom. The molecule has 0 amide bonds. The Morgan fingerprint density at radius 3 is 2.60 bits per heavy atom. The van der Waals surface area contributed by atoms with Crippen LogP contribution in [0.25, 0.3) is 0 Å². The van der Waals surface area contributed by atoms with E-state index in [1.165, 1.54) is 6.20 Å². The van der Waals surface area contributed by atoms with E-state index in [9.17, 15) is 22.2 Å². The van der Waals surface area contributed by atoms with E-state index in [0.29, 0.717) is 11.8 Å². The first-order valence-corrected chi connectivity index (χ1v) is 8.80. The first-order chi connectivity index (χ1) is 11.7. The Hall–Kier alpha value is -1.71. The van der Waals surface area contributed by atoms with Gasteiger partial charge in [-0.05, 0) is 24.5 Å². The molecule has 0 bridgehead atoms. The minimum absolute atomic E-state index is 0.0572. The minimum Gasteiger partial charge on any atom is -0.360 e. The quantitative estimate of drug-likeness (QED) is 0.609. The molecule has 3 rings (SSSR count). The molecular formula is C15H11ClF3NO4S. The van der Waals surface area contributed by atoms with Crippen molar-refractivity contribution in [2.24, 2.45) is 0 Å². The van der Waals surface area contributed by atoms with E-state index in [-0.39, 0.29) is 22.6 Å². The summed E-state index contributed by atoms with van der Waals surface area (Å²) in [7, 11) is 0. The zero-order valence-corrected chi connectivity index (χ0v) is 14.0. The summed E-state index contributed by atoms with van der Waals surface area (Å²) >= 11 is 3.33. The van der Waals surface area contributed by atoms with Gasteiger partial charge in [-0.25, -0.2) is 4.21 Å². The number of carbonyl (C=O) groups excluding carboxylic acids is 1. The van der Waals surface area contributed by atoms with Crippen molar-refractivity contribution in [3.63, 3.8) is 0 Å². The zero-order chi connectivity index (χ0) is 18.4. The molecule has 2 aromatic rings. The van der Waals surface area contributed by atoms with Crippen LogP contribution in [0, 0.1) is 0 Å². The maximum Gasteiger partial charge on any atom is 0.417 e. The number of alkyl halides is 3. The number of hydrogen-bond donors (Lipinski definition) is 1. The molecule has 1 heterocycles. The molecule has 10 heteroatoms. The summed E-state index contributed by atoms with van der Waals surface area (Å²) in [6.07, 6.45) is -1.89.